The number of halogens is 1. The summed E-state index contributed by atoms with van der Waals surface area (Å²) < 4.78 is 7.27. The minimum Gasteiger partial charge on any atom is -0.454 e. The van der Waals surface area contributed by atoms with Crippen LogP contribution in [0.4, 0.5) is 0 Å². The molecule has 0 spiro atoms. The third kappa shape index (κ3) is 6.63. The van der Waals surface area contributed by atoms with Crippen LogP contribution >= 0.6 is 24.0 Å². The van der Waals surface area contributed by atoms with Gasteiger partial charge in [-0.15, -0.1) is 24.0 Å². The second-order valence-corrected chi connectivity index (χ2v) is 6.15. The zero-order chi connectivity index (χ0) is 19.8. The van der Waals surface area contributed by atoms with Crippen molar-refractivity contribution in [3.8, 4) is 0 Å². The Morgan fingerprint density at radius 1 is 1.17 bits per heavy atom. The summed E-state index contributed by atoms with van der Waals surface area (Å²) in [6, 6.07) is 13.4. The maximum Gasteiger partial charge on any atom is 0.284 e. The van der Waals surface area contributed by atoms with Crippen LogP contribution in [0.15, 0.2) is 64.3 Å². The molecule has 0 saturated heterocycles. The number of hydrogen-bond donors (Lipinski definition) is 3. The summed E-state index contributed by atoms with van der Waals surface area (Å²) in [7, 11) is 0. The van der Waals surface area contributed by atoms with Gasteiger partial charge in [-0.1, -0.05) is 24.3 Å². The predicted molar refractivity (Wildman–Crippen MR) is 122 cm³/mol. The van der Waals surface area contributed by atoms with Crippen molar-refractivity contribution in [3.63, 3.8) is 0 Å². The van der Waals surface area contributed by atoms with E-state index in [-0.39, 0.29) is 29.7 Å². The quantitative estimate of drug-likeness (QED) is 0.246. The fraction of sp³-hybridized carbons (Fsp3) is 0.250. The summed E-state index contributed by atoms with van der Waals surface area (Å²) in [5.74, 6) is 0.832. The number of hydrogen-bond acceptors (Lipinski definition) is 4. The van der Waals surface area contributed by atoms with Crippen LogP contribution in [0.1, 0.15) is 34.4 Å². The molecule has 3 rings (SSSR count). The zero-order valence-corrected chi connectivity index (χ0v) is 18.5. The maximum absolute atomic E-state index is 11.1. The first-order valence-electron chi connectivity index (χ1n) is 9.10. The summed E-state index contributed by atoms with van der Waals surface area (Å²) in [6.07, 6.45) is 3.71. The predicted octanol–water partition coefficient (Wildman–Crippen LogP) is 2.50. The van der Waals surface area contributed by atoms with E-state index in [0.717, 1.165) is 12.1 Å². The second kappa shape index (κ2) is 11.2. The standard InChI is InChI=1S/C20H24N6O2.HI/c1-2-22-20(24-13-17-8-9-18(28-17)19(21)27)23-12-15-6-3-4-7-16(15)14-26-11-5-10-25-26;/h3-11H,2,12-14H2,1H3,(H2,21,27)(H2,22,23,24);1H. The fourth-order valence-electron chi connectivity index (χ4n) is 2.72. The number of amides is 1. The number of aliphatic imine (C=N–C) groups is 1. The van der Waals surface area contributed by atoms with E-state index in [1.54, 1.807) is 18.3 Å². The van der Waals surface area contributed by atoms with E-state index in [9.17, 15) is 4.79 Å². The molecule has 0 aliphatic rings. The number of aromatic nitrogens is 2. The molecule has 0 aliphatic heterocycles. The number of rotatable bonds is 8. The Labute approximate surface area is 186 Å². The molecule has 2 aromatic heterocycles. The minimum atomic E-state index is -0.583. The Bertz CT molecular complexity index is 936. The van der Waals surface area contributed by atoms with Crippen LogP contribution in [-0.2, 0) is 19.6 Å². The van der Waals surface area contributed by atoms with Gasteiger partial charge in [-0.2, -0.15) is 5.10 Å². The van der Waals surface area contributed by atoms with Crippen LogP contribution < -0.4 is 16.4 Å². The number of nitrogens with two attached hydrogens (primary N) is 1. The molecule has 0 saturated carbocycles. The zero-order valence-electron chi connectivity index (χ0n) is 16.2. The lowest BCUT2D eigenvalue weighted by molar-refractivity contribution is 0.0972. The number of benzene rings is 1. The van der Waals surface area contributed by atoms with Crippen LogP contribution in [0.3, 0.4) is 0 Å². The number of nitrogens with zero attached hydrogens (tertiary/aromatic N) is 3. The Morgan fingerprint density at radius 2 is 1.97 bits per heavy atom. The largest absolute Gasteiger partial charge is 0.454 e. The van der Waals surface area contributed by atoms with Crippen LogP contribution in [0.2, 0.25) is 0 Å². The normalized spacial score (nSPS) is 11.0. The number of nitrogens with one attached hydrogen (secondary N) is 2. The summed E-state index contributed by atoms with van der Waals surface area (Å²) in [5.41, 5.74) is 7.51. The van der Waals surface area contributed by atoms with E-state index >= 15 is 0 Å². The van der Waals surface area contributed by atoms with Crippen LogP contribution in [0.25, 0.3) is 0 Å². The molecule has 4 N–H and O–H groups in total. The molecule has 3 aromatic rings. The molecular formula is C20H25IN6O2. The van der Waals surface area contributed by atoms with Gasteiger partial charge in [0.15, 0.2) is 11.7 Å². The maximum atomic E-state index is 11.1. The summed E-state index contributed by atoms with van der Waals surface area (Å²) in [4.78, 5) is 15.8. The summed E-state index contributed by atoms with van der Waals surface area (Å²) in [6.45, 7) is 4.35. The van der Waals surface area contributed by atoms with E-state index in [1.165, 1.54) is 5.56 Å². The Balaban J connectivity index is 0.00000300. The third-order valence-electron chi connectivity index (χ3n) is 4.10. The molecule has 2 heterocycles. The fourth-order valence-corrected chi connectivity index (χ4v) is 2.72. The van der Waals surface area contributed by atoms with Crippen molar-refractivity contribution in [1.29, 1.82) is 0 Å². The molecule has 0 fully saturated rings. The van der Waals surface area contributed by atoms with Crippen molar-refractivity contribution in [2.75, 3.05) is 6.54 Å². The molecule has 0 unspecified atom stereocenters. The lowest BCUT2D eigenvalue weighted by Crippen LogP contribution is -2.36. The van der Waals surface area contributed by atoms with Gasteiger partial charge in [0, 0.05) is 18.9 Å². The molecule has 1 amide bonds. The van der Waals surface area contributed by atoms with Gasteiger partial charge in [-0.25, -0.2) is 4.99 Å². The molecule has 0 bridgehead atoms. The molecule has 1 aromatic carbocycles. The number of carbonyl (C=O) groups is 1. The van der Waals surface area contributed by atoms with Gasteiger partial charge < -0.3 is 20.8 Å². The number of primary amides is 1. The van der Waals surface area contributed by atoms with Gasteiger partial charge in [-0.05, 0) is 36.2 Å². The Morgan fingerprint density at radius 3 is 2.62 bits per heavy atom. The summed E-state index contributed by atoms with van der Waals surface area (Å²) >= 11 is 0. The molecule has 8 nitrogen and oxygen atoms in total. The van der Waals surface area contributed by atoms with Crippen molar-refractivity contribution in [2.45, 2.75) is 26.6 Å². The van der Waals surface area contributed by atoms with Gasteiger partial charge in [0.1, 0.15) is 5.76 Å². The average molecular weight is 508 g/mol. The second-order valence-electron chi connectivity index (χ2n) is 6.15. The Hall–Kier alpha value is -2.82. The molecule has 9 heteroatoms. The average Bonchev–Trinajstić information content (AvgIpc) is 3.37. The number of carbonyl (C=O) groups excluding carboxylic acids is 1. The van der Waals surface area contributed by atoms with Crippen LogP contribution in [0.5, 0.6) is 0 Å². The van der Waals surface area contributed by atoms with Crippen LogP contribution in [0, 0.1) is 0 Å². The first-order valence-corrected chi connectivity index (χ1v) is 9.10. The van der Waals surface area contributed by atoms with Gasteiger partial charge >= 0.3 is 0 Å². The van der Waals surface area contributed by atoms with E-state index in [4.69, 9.17) is 10.2 Å². The van der Waals surface area contributed by atoms with E-state index < -0.39 is 5.91 Å². The lowest BCUT2D eigenvalue weighted by Gasteiger charge is -2.12. The SMILES string of the molecule is CCNC(=NCc1ccccc1Cn1cccn1)NCc1ccc(C(N)=O)o1.I. The third-order valence-corrected chi connectivity index (χ3v) is 4.10. The lowest BCUT2D eigenvalue weighted by atomic mass is 10.1. The van der Waals surface area contributed by atoms with E-state index in [0.29, 0.717) is 31.4 Å². The van der Waals surface area contributed by atoms with Crippen molar-refractivity contribution in [3.05, 3.63) is 77.5 Å². The highest BCUT2D eigenvalue weighted by molar-refractivity contribution is 14.0. The van der Waals surface area contributed by atoms with Crippen molar-refractivity contribution in [2.24, 2.45) is 10.7 Å². The number of guanidine groups is 1. The van der Waals surface area contributed by atoms with Gasteiger partial charge in [0.25, 0.3) is 5.91 Å². The van der Waals surface area contributed by atoms with E-state index in [2.05, 4.69) is 32.9 Å². The van der Waals surface area contributed by atoms with Gasteiger partial charge in [0.2, 0.25) is 0 Å². The molecule has 0 atom stereocenters. The van der Waals surface area contributed by atoms with E-state index in [1.807, 2.05) is 36.0 Å². The van der Waals surface area contributed by atoms with Crippen molar-refractivity contribution >= 4 is 35.8 Å². The molecule has 0 radical (unpaired) electrons. The van der Waals surface area contributed by atoms with Crippen molar-refractivity contribution < 1.29 is 9.21 Å². The topological polar surface area (TPSA) is 110 Å². The monoisotopic (exact) mass is 508 g/mol. The molecular weight excluding hydrogens is 483 g/mol. The van der Waals surface area contributed by atoms with Gasteiger partial charge in [0.05, 0.1) is 19.6 Å². The molecule has 154 valence electrons. The molecule has 29 heavy (non-hydrogen) atoms. The minimum absolute atomic E-state index is 0. The number of furan rings is 1. The highest BCUT2D eigenvalue weighted by Crippen LogP contribution is 2.12. The van der Waals surface area contributed by atoms with Crippen molar-refractivity contribution in [1.82, 2.24) is 20.4 Å². The highest BCUT2D eigenvalue weighted by Gasteiger charge is 2.08. The first kappa shape index (κ1) is 22.5. The Kier molecular flexibility index (Phi) is 8.71. The summed E-state index contributed by atoms with van der Waals surface area (Å²) in [5, 5.41) is 10.7. The highest BCUT2D eigenvalue weighted by atomic mass is 127. The first-order chi connectivity index (χ1) is 13.7. The van der Waals surface area contributed by atoms with Gasteiger partial charge in [-0.3, -0.25) is 9.48 Å². The smallest absolute Gasteiger partial charge is 0.284 e. The van der Waals surface area contributed by atoms with Crippen LogP contribution in [-0.4, -0.2) is 28.2 Å². The molecule has 0 aliphatic carbocycles.